The summed E-state index contributed by atoms with van der Waals surface area (Å²) in [6.07, 6.45) is 1.26. The van der Waals surface area contributed by atoms with Crippen LogP contribution in [0.4, 0.5) is 4.39 Å². The minimum Gasteiger partial charge on any atom is -0.507 e. The Balaban J connectivity index is 2.57. The van der Waals surface area contributed by atoms with Gasteiger partial charge in [-0.3, -0.25) is 0 Å². The van der Waals surface area contributed by atoms with Crippen LogP contribution in [-0.2, 0) is 4.79 Å². The van der Waals surface area contributed by atoms with Crippen LogP contribution in [0, 0.1) is 12.7 Å². The quantitative estimate of drug-likeness (QED) is 0.662. The number of halogens is 2. The average molecular weight is 307 g/mol. The third-order valence-electron chi connectivity index (χ3n) is 3.00. The Labute approximate surface area is 125 Å². The number of phenolic OH excluding ortho intramolecular Hbond substituents is 1. The molecule has 2 rings (SSSR count). The third-order valence-corrected chi connectivity index (χ3v) is 3.24. The molecular formula is C16H12ClFO3. The van der Waals surface area contributed by atoms with E-state index < -0.39 is 11.8 Å². The first-order valence-corrected chi connectivity index (χ1v) is 6.46. The zero-order chi connectivity index (χ0) is 15.6. The molecule has 0 unspecified atom stereocenters. The average Bonchev–Trinajstić information content (AvgIpc) is 2.42. The van der Waals surface area contributed by atoms with Crippen LogP contribution in [0.2, 0.25) is 5.02 Å². The summed E-state index contributed by atoms with van der Waals surface area (Å²) in [7, 11) is 0. The van der Waals surface area contributed by atoms with E-state index >= 15 is 0 Å². The van der Waals surface area contributed by atoms with E-state index in [9.17, 15) is 19.4 Å². The monoisotopic (exact) mass is 306 g/mol. The predicted molar refractivity (Wildman–Crippen MR) is 79.8 cm³/mol. The van der Waals surface area contributed by atoms with Gasteiger partial charge in [-0.1, -0.05) is 23.7 Å². The van der Waals surface area contributed by atoms with Gasteiger partial charge < -0.3 is 10.2 Å². The minimum atomic E-state index is -1.22. The van der Waals surface area contributed by atoms with Crippen molar-refractivity contribution in [1.29, 1.82) is 0 Å². The summed E-state index contributed by atoms with van der Waals surface area (Å²) in [6.45, 7) is 1.59. The van der Waals surface area contributed by atoms with E-state index in [1.54, 1.807) is 6.92 Å². The molecule has 0 amide bonds. The minimum absolute atomic E-state index is 0.106. The van der Waals surface area contributed by atoms with Gasteiger partial charge in [0.1, 0.15) is 11.6 Å². The summed E-state index contributed by atoms with van der Waals surface area (Å²) in [4.78, 5) is 11.4. The number of aliphatic carboxylic acids is 1. The molecule has 0 heterocycles. The lowest BCUT2D eigenvalue weighted by molar-refractivity contribution is -0.130. The number of rotatable bonds is 3. The molecule has 21 heavy (non-hydrogen) atoms. The van der Waals surface area contributed by atoms with Crippen molar-refractivity contribution in [2.24, 2.45) is 0 Å². The van der Waals surface area contributed by atoms with Crippen LogP contribution < -0.4 is 0 Å². The smallest absolute Gasteiger partial charge is 0.336 e. The summed E-state index contributed by atoms with van der Waals surface area (Å²) < 4.78 is 13.6. The van der Waals surface area contributed by atoms with E-state index in [4.69, 9.17) is 11.6 Å². The molecule has 0 saturated heterocycles. The number of phenols is 1. The van der Waals surface area contributed by atoms with Crippen LogP contribution in [0.5, 0.6) is 5.75 Å². The highest BCUT2D eigenvalue weighted by Crippen LogP contribution is 2.27. The topological polar surface area (TPSA) is 57.5 Å². The second-order valence-corrected chi connectivity index (χ2v) is 4.97. The number of hydrogen-bond acceptors (Lipinski definition) is 2. The molecule has 0 fully saturated rings. The molecule has 0 bridgehead atoms. The van der Waals surface area contributed by atoms with E-state index in [1.165, 1.54) is 36.4 Å². The van der Waals surface area contributed by atoms with Crippen molar-refractivity contribution in [2.45, 2.75) is 6.92 Å². The van der Waals surface area contributed by atoms with Gasteiger partial charge in [0, 0.05) is 10.6 Å². The fourth-order valence-corrected chi connectivity index (χ4v) is 2.01. The molecule has 0 spiro atoms. The first-order chi connectivity index (χ1) is 9.88. The Morgan fingerprint density at radius 1 is 1.24 bits per heavy atom. The highest BCUT2D eigenvalue weighted by atomic mass is 35.5. The van der Waals surface area contributed by atoms with Gasteiger partial charge in [0.05, 0.1) is 5.57 Å². The molecule has 2 aromatic carbocycles. The molecule has 2 N–H and O–H groups in total. The summed E-state index contributed by atoms with van der Waals surface area (Å²) in [5, 5.41) is 19.4. The van der Waals surface area contributed by atoms with Gasteiger partial charge in [-0.05, 0) is 48.4 Å². The van der Waals surface area contributed by atoms with E-state index in [1.807, 2.05) is 0 Å². The van der Waals surface area contributed by atoms with Gasteiger partial charge >= 0.3 is 5.97 Å². The summed E-state index contributed by atoms with van der Waals surface area (Å²) in [6, 6.07) is 8.45. The Morgan fingerprint density at radius 3 is 2.57 bits per heavy atom. The van der Waals surface area contributed by atoms with Gasteiger partial charge in [-0.25, -0.2) is 9.18 Å². The molecule has 2 aromatic rings. The number of carboxylic acid groups (broad SMARTS) is 1. The normalized spacial score (nSPS) is 11.5. The number of hydrogen-bond donors (Lipinski definition) is 2. The van der Waals surface area contributed by atoms with Crippen molar-refractivity contribution in [3.8, 4) is 5.75 Å². The molecule has 0 aliphatic rings. The molecule has 0 saturated carbocycles. The van der Waals surface area contributed by atoms with Gasteiger partial charge in [-0.15, -0.1) is 0 Å². The molecule has 0 aromatic heterocycles. The lowest BCUT2D eigenvalue weighted by Crippen LogP contribution is -2.00. The molecule has 108 valence electrons. The molecule has 0 aliphatic carbocycles. The Morgan fingerprint density at radius 2 is 1.95 bits per heavy atom. The van der Waals surface area contributed by atoms with Gasteiger partial charge in [0.15, 0.2) is 0 Å². The van der Waals surface area contributed by atoms with Crippen LogP contribution in [0.1, 0.15) is 16.7 Å². The lowest BCUT2D eigenvalue weighted by atomic mass is 10.0. The second-order valence-electron chi connectivity index (χ2n) is 4.53. The maximum absolute atomic E-state index is 13.6. The Bertz CT molecular complexity index is 738. The Hall–Kier alpha value is -2.33. The van der Waals surface area contributed by atoms with Crippen molar-refractivity contribution in [2.75, 3.05) is 0 Å². The summed E-state index contributed by atoms with van der Waals surface area (Å²) in [5.74, 6) is -1.82. The fourth-order valence-electron chi connectivity index (χ4n) is 1.83. The largest absolute Gasteiger partial charge is 0.507 e. The van der Waals surface area contributed by atoms with Gasteiger partial charge in [-0.2, -0.15) is 0 Å². The highest BCUT2D eigenvalue weighted by molar-refractivity contribution is 6.31. The SMILES string of the molecule is Cc1ccc(/C(=C/c2cc(Cl)ccc2O)C(=O)O)cc1F. The number of carbonyl (C=O) groups is 1. The van der Waals surface area contributed by atoms with Crippen molar-refractivity contribution >= 4 is 29.2 Å². The second kappa shape index (κ2) is 5.97. The molecule has 0 aliphatic heterocycles. The molecule has 5 heteroatoms. The maximum Gasteiger partial charge on any atom is 0.336 e. The van der Waals surface area contributed by atoms with Crippen LogP contribution in [0.25, 0.3) is 11.6 Å². The molecule has 0 radical (unpaired) electrons. The van der Waals surface area contributed by atoms with Crippen molar-refractivity contribution in [3.63, 3.8) is 0 Å². The molecular weight excluding hydrogens is 295 g/mol. The summed E-state index contributed by atoms with van der Waals surface area (Å²) in [5.41, 5.74) is 0.756. The van der Waals surface area contributed by atoms with Gasteiger partial charge in [0.25, 0.3) is 0 Å². The first kappa shape index (κ1) is 15.1. The van der Waals surface area contributed by atoms with Crippen LogP contribution in [0.3, 0.4) is 0 Å². The zero-order valence-electron chi connectivity index (χ0n) is 11.1. The number of aromatic hydroxyl groups is 1. The predicted octanol–water partition coefficient (Wildman–Crippen LogP) is 4.12. The number of aryl methyl sites for hydroxylation is 1. The lowest BCUT2D eigenvalue weighted by Gasteiger charge is -2.06. The van der Waals surface area contributed by atoms with E-state index in [0.29, 0.717) is 10.6 Å². The zero-order valence-corrected chi connectivity index (χ0v) is 11.9. The van der Waals surface area contributed by atoms with Crippen LogP contribution in [-0.4, -0.2) is 16.2 Å². The van der Waals surface area contributed by atoms with Crippen LogP contribution in [0.15, 0.2) is 36.4 Å². The highest BCUT2D eigenvalue weighted by Gasteiger charge is 2.13. The Kier molecular flexibility index (Phi) is 4.29. The molecule has 0 atom stereocenters. The van der Waals surface area contributed by atoms with Crippen LogP contribution >= 0.6 is 11.6 Å². The van der Waals surface area contributed by atoms with Crippen molar-refractivity contribution < 1.29 is 19.4 Å². The van der Waals surface area contributed by atoms with E-state index in [0.717, 1.165) is 6.07 Å². The first-order valence-electron chi connectivity index (χ1n) is 6.08. The number of carboxylic acids is 1. The maximum atomic E-state index is 13.6. The molecule has 3 nitrogen and oxygen atoms in total. The third kappa shape index (κ3) is 3.41. The number of benzene rings is 2. The van der Waals surface area contributed by atoms with Gasteiger partial charge in [0.2, 0.25) is 0 Å². The van der Waals surface area contributed by atoms with Crippen molar-refractivity contribution in [3.05, 3.63) is 63.9 Å². The van der Waals surface area contributed by atoms with E-state index in [-0.39, 0.29) is 22.4 Å². The van der Waals surface area contributed by atoms with E-state index in [2.05, 4.69) is 0 Å². The fraction of sp³-hybridized carbons (Fsp3) is 0.0625. The summed E-state index contributed by atoms with van der Waals surface area (Å²) >= 11 is 5.82. The standard InChI is InChI=1S/C16H12ClFO3/c1-9-2-3-10(8-14(9)18)13(16(20)21)7-11-6-12(17)4-5-15(11)19/h2-8,19H,1H3,(H,20,21)/b13-7-. The van der Waals surface area contributed by atoms with Crippen molar-refractivity contribution in [1.82, 2.24) is 0 Å².